The standard InChI is InChI=1S/C17H23F4N3O3.ClH/c1-26-10-16(4-6-22-7-5-16)9-24-14(25)12-2-3-13(23-8-12)27-11-17(20,21)15(18)19;/h2-3,8,15,22H,4-7,9-11H2,1H3,(H,24,25);1H. The van der Waals surface area contributed by atoms with Gasteiger partial charge in [-0.2, -0.15) is 8.78 Å². The van der Waals surface area contributed by atoms with Crippen molar-refractivity contribution in [3.05, 3.63) is 23.9 Å². The highest BCUT2D eigenvalue weighted by atomic mass is 35.5. The zero-order valence-electron chi connectivity index (χ0n) is 15.4. The first kappa shape index (κ1) is 24.4. The molecule has 1 saturated heterocycles. The Hall–Kier alpha value is -1.65. The van der Waals surface area contributed by atoms with E-state index in [9.17, 15) is 22.4 Å². The molecule has 2 heterocycles. The van der Waals surface area contributed by atoms with Crippen molar-refractivity contribution < 1.29 is 31.8 Å². The van der Waals surface area contributed by atoms with Crippen LogP contribution in [0.4, 0.5) is 17.6 Å². The summed E-state index contributed by atoms with van der Waals surface area (Å²) >= 11 is 0. The molecule has 1 aromatic rings. The Balaban J connectivity index is 0.00000392. The van der Waals surface area contributed by atoms with Crippen LogP contribution in [0.1, 0.15) is 23.2 Å². The van der Waals surface area contributed by atoms with E-state index in [1.165, 1.54) is 12.1 Å². The Labute approximate surface area is 166 Å². The number of ether oxygens (including phenoxy) is 2. The Bertz CT molecular complexity index is 609. The minimum Gasteiger partial charge on any atom is -0.471 e. The van der Waals surface area contributed by atoms with E-state index < -0.39 is 19.0 Å². The first-order valence-corrected chi connectivity index (χ1v) is 8.51. The lowest BCUT2D eigenvalue weighted by Crippen LogP contribution is -2.47. The highest BCUT2D eigenvalue weighted by molar-refractivity contribution is 5.93. The number of carbonyl (C=O) groups is 1. The van der Waals surface area contributed by atoms with Crippen LogP contribution in [0.2, 0.25) is 0 Å². The van der Waals surface area contributed by atoms with E-state index in [-0.39, 0.29) is 35.2 Å². The van der Waals surface area contributed by atoms with E-state index in [4.69, 9.17) is 4.74 Å². The van der Waals surface area contributed by atoms with E-state index in [1.807, 2.05) is 0 Å². The van der Waals surface area contributed by atoms with Gasteiger partial charge in [0.05, 0.1) is 12.2 Å². The molecular weight excluding hydrogens is 406 g/mol. The molecule has 160 valence electrons. The molecule has 1 aliphatic rings. The third kappa shape index (κ3) is 6.75. The van der Waals surface area contributed by atoms with Gasteiger partial charge in [0, 0.05) is 31.3 Å². The summed E-state index contributed by atoms with van der Waals surface area (Å²) in [5.74, 6) is -4.90. The van der Waals surface area contributed by atoms with Gasteiger partial charge < -0.3 is 20.1 Å². The van der Waals surface area contributed by atoms with E-state index >= 15 is 0 Å². The normalized spacial score (nSPS) is 16.4. The molecule has 2 rings (SSSR count). The fourth-order valence-corrected chi connectivity index (χ4v) is 2.84. The number of hydrogen-bond donors (Lipinski definition) is 2. The zero-order chi connectivity index (χ0) is 19.9. The highest BCUT2D eigenvalue weighted by Gasteiger charge is 2.41. The Morgan fingerprint density at radius 3 is 2.57 bits per heavy atom. The third-order valence-corrected chi connectivity index (χ3v) is 4.47. The fraction of sp³-hybridized carbons (Fsp3) is 0.647. The molecule has 0 spiro atoms. The number of alkyl halides is 4. The molecule has 0 aliphatic carbocycles. The molecule has 0 atom stereocenters. The maximum absolute atomic E-state index is 12.8. The van der Waals surface area contributed by atoms with Crippen LogP contribution in [0.15, 0.2) is 18.3 Å². The third-order valence-electron chi connectivity index (χ3n) is 4.47. The lowest BCUT2D eigenvalue weighted by atomic mass is 9.79. The van der Waals surface area contributed by atoms with E-state index in [2.05, 4.69) is 20.4 Å². The number of halogens is 5. The average molecular weight is 430 g/mol. The summed E-state index contributed by atoms with van der Waals surface area (Å²) in [6, 6.07) is 2.52. The summed E-state index contributed by atoms with van der Waals surface area (Å²) in [4.78, 5) is 16.0. The fourth-order valence-electron chi connectivity index (χ4n) is 2.84. The molecule has 1 aliphatic heterocycles. The largest absolute Gasteiger partial charge is 0.471 e. The van der Waals surface area contributed by atoms with Crippen molar-refractivity contribution in [3.63, 3.8) is 0 Å². The second kappa shape index (κ2) is 10.8. The number of carbonyl (C=O) groups excluding carboxylic acids is 1. The Morgan fingerprint density at radius 1 is 1.36 bits per heavy atom. The van der Waals surface area contributed by atoms with Crippen molar-refractivity contribution in [1.29, 1.82) is 0 Å². The highest BCUT2D eigenvalue weighted by Crippen LogP contribution is 2.28. The molecule has 2 N–H and O–H groups in total. The van der Waals surface area contributed by atoms with E-state index in [1.54, 1.807) is 7.11 Å². The summed E-state index contributed by atoms with van der Waals surface area (Å²) in [5.41, 5.74) is 0.0666. The Morgan fingerprint density at radius 2 is 2.04 bits per heavy atom. The number of nitrogens with zero attached hydrogens (tertiary/aromatic N) is 1. The molecule has 1 aromatic heterocycles. The lowest BCUT2D eigenvalue weighted by Gasteiger charge is -2.37. The predicted octanol–water partition coefficient (Wildman–Crippen LogP) is 2.53. The molecule has 0 aromatic carbocycles. The van der Waals surface area contributed by atoms with Crippen LogP contribution in [-0.2, 0) is 4.74 Å². The smallest absolute Gasteiger partial charge is 0.340 e. The molecule has 28 heavy (non-hydrogen) atoms. The number of aromatic nitrogens is 1. The molecule has 6 nitrogen and oxygen atoms in total. The Kier molecular flexibility index (Phi) is 9.38. The number of nitrogens with one attached hydrogen (secondary N) is 2. The molecule has 0 unspecified atom stereocenters. The summed E-state index contributed by atoms with van der Waals surface area (Å²) in [6.07, 6.45) is -0.942. The molecule has 0 radical (unpaired) electrons. The van der Waals surface area contributed by atoms with Gasteiger partial charge in [-0.15, -0.1) is 12.4 Å². The van der Waals surface area contributed by atoms with Crippen molar-refractivity contribution in [3.8, 4) is 5.88 Å². The monoisotopic (exact) mass is 429 g/mol. The quantitative estimate of drug-likeness (QED) is 0.590. The van der Waals surface area contributed by atoms with Crippen molar-refractivity contribution in [1.82, 2.24) is 15.6 Å². The second-order valence-corrected chi connectivity index (χ2v) is 6.60. The van der Waals surface area contributed by atoms with Crippen molar-refractivity contribution >= 4 is 18.3 Å². The topological polar surface area (TPSA) is 72.5 Å². The van der Waals surface area contributed by atoms with Gasteiger partial charge in [0.15, 0.2) is 6.61 Å². The molecule has 11 heteroatoms. The van der Waals surface area contributed by atoms with Crippen LogP contribution in [0.5, 0.6) is 5.88 Å². The van der Waals surface area contributed by atoms with E-state index in [0.29, 0.717) is 13.2 Å². The minimum atomic E-state index is -4.26. The van der Waals surface area contributed by atoms with E-state index in [0.717, 1.165) is 32.1 Å². The van der Waals surface area contributed by atoms with Gasteiger partial charge in [0.25, 0.3) is 5.91 Å². The number of hydrogen-bond acceptors (Lipinski definition) is 5. The van der Waals surface area contributed by atoms with Gasteiger partial charge in [-0.1, -0.05) is 0 Å². The summed E-state index contributed by atoms with van der Waals surface area (Å²) < 4.78 is 59.7. The van der Waals surface area contributed by atoms with Crippen LogP contribution in [0.3, 0.4) is 0 Å². The van der Waals surface area contributed by atoms with Crippen molar-refractivity contribution in [2.45, 2.75) is 25.2 Å². The average Bonchev–Trinajstić information content (AvgIpc) is 2.66. The van der Waals surface area contributed by atoms with Crippen LogP contribution >= 0.6 is 12.4 Å². The molecule has 0 bridgehead atoms. The van der Waals surface area contributed by atoms with Gasteiger partial charge in [0.1, 0.15) is 0 Å². The van der Waals surface area contributed by atoms with Crippen LogP contribution < -0.4 is 15.4 Å². The summed E-state index contributed by atoms with van der Waals surface area (Å²) in [5, 5.41) is 6.10. The maximum Gasteiger partial charge on any atom is 0.340 e. The zero-order valence-corrected chi connectivity index (χ0v) is 16.2. The van der Waals surface area contributed by atoms with Gasteiger partial charge in [-0.05, 0) is 32.0 Å². The molecule has 0 saturated carbocycles. The molecule has 1 fully saturated rings. The second-order valence-electron chi connectivity index (χ2n) is 6.60. The van der Waals surface area contributed by atoms with Crippen LogP contribution in [0.25, 0.3) is 0 Å². The van der Waals surface area contributed by atoms with Gasteiger partial charge in [-0.25, -0.2) is 13.8 Å². The van der Waals surface area contributed by atoms with Crippen LogP contribution in [0, 0.1) is 5.41 Å². The lowest BCUT2D eigenvalue weighted by molar-refractivity contribution is -0.148. The first-order chi connectivity index (χ1) is 12.8. The van der Waals surface area contributed by atoms with Crippen molar-refractivity contribution in [2.75, 3.05) is 40.0 Å². The number of amides is 1. The number of pyridine rings is 1. The summed E-state index contributed by atoms with van der Waals surface area (Å²) in [6.45, 7) is 1.15. The summed E-state index contributed by atoms with van der Waals surface area (Å²) in [7, 11) is 1.62. The predicted molar refractivity (Wildman–Crippen MR) is 96.7 cm³/mol. The number of piperidine rings is 1. The van der Waals surface area contributed by atoms with Gasteiger partial charge in [0.2, 0.25) is 5.88 Å². The van der Waals surface area contributed by atoms with Gasteiger partial charge in [-0.3, -0.25) is 4.79 Å². The van der Waals surface area contributed by atoms with Crippen molar-refractivity contribution in [2.24, 2.45) is 5.41 Å². The minimum absolute atomic E-state index is 0. The SMILES string of the molecule is COCC1(CNC(=O)c2ccc(OCC(F)(F)C(F)F)nc2)CCNCC1.Cl. The van der Waals surface area contributed by atoms with Gasteiger partial charge >= 0.3 is 12.3 Å². The molecule has 1 amide bonds. The number of rotatable bonds is 9. The first-order valence-electron chi connectivity index (χ1n) is 8.51. The molecular formula is C17H24ClF4N3O3. The van der Waals surface area contributed by atoms with Crippen LogP contribution in [-0.4, -0.2) is 63.2 Å². The maximum atomic E-state index is 12.8. The number of methoxy groups -OCH3 is 1.